The van der Waals surface area contributed by atoms with Gasteiger partial charge in [0.1, 0.15) is 11.5 Å². The predicted molar refractivity (Wildman–Crippen MR) is 119 cm³/mol. The molecular formula is C26H42O2. The van der Waals surface area contributed by atoms with Crippen LogP contribution in [0.1, 0.15) is 115 Å². The molecule has 0 radical (unpaired) electrons. The predicted octanol–water partition coefficient (Wildman–Crippen LogP) is 7.85. The summed E-state index contributed by atoms with van der Waals surface area (Å²) in [7, 11) is 0. The lowest BCUT2D eigenvalue weighted by Crippen LogP contribution is -2.23. The zero-order chi connectivity index (χ0) is 20.0. The lowest BCUT2D eigenvalue weighted by atomic mass is 9.76. The highest BCUT2D eigenvalue weighted by molar-refractivity contribution is 5.86. The molecule has 2 rings (SSSR count). The molecule has 1 saturated carbocycles. The lowest BCUT2D eigenvalue weighted by Gasteiger charge is -2.27. The third-order valence-corrected chi connectivity index (χ3v) is 6.26. The van der Waals surface area contributed by atoms with E-state index < -0.39 is 0 Å². The van der Waals surface area contributed by atoms with Crippen molar-refractivity contribution in [3.8, 4) is 5.75 Å². The quantitative estimate of drug-likeness (QED) is 0.304. The van der Waals surface area contributed by atoms with Crippen LogP contribution < -0.4 is 4.74 Å². The molecule has 1 aliphatic rings. The van der Waals surface area contributed by atoms with Crippen molar-refractivity contribution in [1.82, 2.24) is 0 Å². The molecule has 0 unspecified atom stereocenters. The van der Waals surface area contributed by atoms with Crippen molar-refractivity contribution in [3.63, 3.8) is 0 Å². The fourth-order valence-corrected chi connectivity index (χ4v) is 4.42. The molecule has 28 heavy (non-hydrogen) atoms. The van der Waals surface area contributed by atoms with Crippen LogP contribution in [0.4, 0.5) is 0 Å². The Hall–Kier alpha value is -1.31. The van der Waals surface area contributed by atoms with Crippen LogP contribution in [0.25, 0.3) is 0 Å². The number of hydrogen-bond acceptors (Lipinski definition) is 2. The second kappa shape index (κ2) is 13.8. The number of benzene rings is 1. The topological polar surface area (TPSA) is 26.3 Å². The van der Waals surface area contributed by atoms with Crippen molar-refractivity contribution >= 4 is 5.78 Å². The van der Waals surface area contributed by atoms with Gasteiger partial charge in [-0.2, -0.15) is 0 Å². The molecule has 0 aromatic heterocycles. The van der Waals surface area contributed by atoms with E-state index in [0.29, 0.717) is 11.7 Å². The van der Waals surface area contributed by atoms with Crippen LogP contribution in [-0.4, -0.2) is 12.4 Å². The smallest absolute Gasteiger partial charge is 0.140 e. The van der Waals surface area contributed by atoms with E-state index in [-0.39, 0.29) is 5.92 Å². The van der Waals surface area contributed by atoms with Gasteiger partial charge in [-0.15, -0.1) is 0 Å². The Morgan fingerprint density at radius 1 is 0.821 bits per heavy atom. The second-order valence-electron chi connectivity index (χ2n) is 8.70. The van der Waals surface area contributed by atoms with Crippen LogP contribution in [0.15, 0.2) is 24.3 Å². The Kier molecular flexibility index (Phi) is 11.3. The van der Waals surface area contributed by atoms with Gasteiger partial charge >= 0.3 is 0 Å². The normalized spacial score (nSPS) is 19.7. The summed E-state index contributed by atoms with van der Waals surface area (Å²) < 4.78 is 5.89. The maximum absolute atomic E-state index is 12.6. The third-order valence-electron chi connectivity index (χ3n) is 6.26. The molecule has 2 nitrogen and oxygen atoms in total. The first kappa shape index (κ1) is 23.0. The molecule has 1 aromatic carbocycles. The Bertz CT molecular complexity index is 534. The second-order valence-corrected chi connectivity index (χ2v) is 8.70. The van der Waals surface area contributed by atoms with Gasteiger partial charge in [0.15, 0.2) is 0 Å². The first-order valence-corrected chi connectivity index (χ1v) is 12.0. The highest BCUT2D eigenvalue weighted by Crippen LogP contribution is 2.35. The van der Waals surface area contributed by atoms with Gasteiger partial charge in [-0.3, -0.25) is 4.79 Å². The first-order chi connectivity index (χ1) is 13.7. The van der Waals surface area contributed by atoms with Crippen molar-refractivity contribution in [2.45, 2.75) is 110 Å². The van der Waals surface area contributed by atoms with Gasteiger partial charge in [-0.05, 0) is 42.9 Å². The highest BCUT2D eigenvalue weighted by Gasteiger charge is 2.29. The summed E-state index contributed by atoms with van der Waals surface area (Å²) >= 11 is 0. The minimum absolute atomic E-state index is 0.111. The summed E-state index contributed by atoms with van der Waals surface area (Å²) in [6.07, 6.45) is 17.2. The fraction of sp³-hybridized carbons (Fsp3) is 0.731. The van der Waals surface area contributed by atoms with Crippen molar-refractivity contribution in [2.75, 3.05) is 6.61 Å². The summed E-state index contributed by atoms with van der Waals surface area (Å²) in [5, 5.41) is 0. The molecule has 1 aromatic rings. The molecule has 1 fully saturated rings. The van der Waals surface area contributed by atoms with Gasteiger partial charge in [0, 0.05) is 12.3 Å². The minimum Gasteiger partial charge on any atom is -0.494 e. The molecule has 0 amide bonds. The number of unbranched alkanes of at least 4 members (excludes halogenated alkanes) is 8. The van der Waals surface area contributed by atoms with Crippen molar-refractivity contribution in [3.05, 3.63) is 29.8 Å². The van der Waals surface area contributed by atoms with Gasteiger partial charge in [0.05, 0.1) is 6.61 Å². The Balaban J connectivity index is 1.66. The number of carbonyl (C=O) groups excluding carboxylic acids is 1. The third kappa shape index (κ3) is 8.37. The van der Waals surface area contributed by atoms with E-state index in [4.69, 9.17) is 4.74 Å². The van der Waals surface area contributed by atoms with E-state index in [2.05, 4.69) is 38.1 Å². The van der Waals surface area contributed by atoms with Crippen LogP contribution in [0.2, 0.25) is 0 Å². The van der Waals surface area contributed by atoms with E-state index >= 15 is 0 Å². The van der Waals surface area contributed by atoms with E-state index in [0.717, 1.165) is 31.6 Å². The number of rotatable bonds is 14. The van der Waals surface area contributed by atoms with Crippen LogP contribution >= 0.6 is 0 Å². The van der Waals surface area contributed by atoms with Crippen LogP contribution in [0, 0.1) is 5.92 Å². The molecule has 0 bridgehead atoms. The molecule has 158 valence electrons. The standard InChI is InChI=1S/C26H42O2/c1-3-5-7-8-9-10-12-20-28-24-17-15-23(16-18-24)25-19-14-22(21-26(25)27)13-11-6-4-2/h15-18,22,25H,3-14,19-21H2,1-2H3/t22-,25+/m0/s1. The summed E-state index contributed by atoms with van der Waals surface area (Å²) in [6.45, 7) is 5.30. The molecule has 1 aliphatic carbocycles. The fourth-order valence-electron chi connectivity index (χ4n) is 4.42. The maximum Gasteiger partial charge on any atom is 0.140 e. The maximum atomic E-state index is 12.6. The lowest BCUT2D eigenvalue weighted by molar-refractivity contribution is -0.123. The number of hydrogen-bond donors (Lipinski definition) is 0. The Morgan fingerprint density at radius 3 is 2.14 bits per heavy atom. The number of ether oxygens (including phenoxy) is 1. The van der Waals surface area contributed by atoms with Crippen molar-refractivity contribution in [1.29, 1.82) is 0 Å². The minimum atomic E-state index is 0.111. The summed E-state index contributed by atoms with van der Waals surface area (Å²) in [5.74, 6) is 2.12. The van der Waals surface area contributed by atoms with E-state index in [1.807, 2.05) is 0 Å². The van der Waals surface area contributed by atoms with Gasteiger partial charge < -0.3 is 4.74 Å². The molecular weight excluding hydrogens is 344 g/mol. The molecule has 2 atom stereocenters. The highest BCUT2D eigenvalue weighted by atomic mass is 16.5. The van der Waals surface area contributed by atoms with Gasteiger partial charge in [-0.1, -0.05) is 90.2 Å². The van der Waals surface area contributed by atoms with Gasteiger partial charge in [-0.25, -0.2) is 0 Å². The molecule has 0 aliphatic heterocycles. The van der Waals surface area contributed by atoms with E-state index in [1.165, 1.54) is 76.2 Å². The van der Waals surface area contributed by atoms with Crippen molar-refractivity contribution in [2.24, 2.45) is 5.92 Å². The van der Waals surface area contributed by atoms with E-state index in [9.17, 15) is 4.79 Å². The Labute approximate surface area is 173 Å². The van der Waals surface area contributed by atoms with Gasteiger partial charge in [0.25, 0.3) is 0 Å². The first-order valence-electron chi connectivity index (χ1n) is 12.0. The molecule has 2 heteroatoms. The Morgan fingerprint density at radius 2 is 1.46 bits per heavy atom. The average molecular weight is 387 g/mol. The largest absolute Gasteiger partial charge is 0.494 e. The zero-order valence-electron chi connectivity index (χ0n) is 18.4. The van der Waals surface area contributed by atoms with Crippen LogP contribution in [0.5, 0.6) is 5.75 Å². The number of carbonyl (C=O) groups is 1. The summed E-state index contributed by atoms with van der Waals surface area (Å²) in [5.41, 5.74) is 1.18. The van der Waals surface area contributed by atoms with Gasteiger partial charge in [0.2, 0.25) is 0 Å². The SMILES string of the molecule is CCCCCCCCCOc1ccc([C@H]2CC[C@H](CCCCC)CC2=O)cc1. The molecule has 0 N–H and O–H groups in total. The summed E-state index contributed by atoms with van der Waals surface area (Å²) in [4.78, 5) is 12.6. The monoisotopic (exact) mass is 386 g/mol. The average Bonchev–Trinajstić information content (AvgIpc) is 2.71. The molecule has 0 spiro atoms. The van der Waals surface area contributed by atoms with Crippen LogP contribution in [-0.2, 0) is 4.79 Å². The number of Topliss-reactive ketones (excluding diaryl/α,β-unsaturated/α-hetero) is 1. The number of ketones is 1. The van der Waals surface area contributed by atoms with E-state index in [1.54, 1.807) is 0 Å². The zero-order valence-corrected chi connectivity index (χ0v) is 18.4. The van der Waals surface area contributed by atoms with Crippen LogP contribution in [0.3, 0.4) is 0 Å². The summed E-state index contributed by atoms with van der Waals surface area (Å²) in [6, 6.07) is 8.33. The molecule has 0 heterocycles. The molecule has 0 saturated heterocycles. The van der Waals surface area contributed by atoms with Crippen molar-refractivity contribution < 1.29 is 9.53 Å².